The lowest BCUT2D eigenvalue weighted by atomic mass is 9.88. The first-order chi connectivity index (χ1) is 12.2. The summed E-state index contributed by atoms with van der Waals surface area (Å²) in [5.41, 5.74) is 0.393. The van der Waals surface area contributed by atoms with Crippen LogP contribution in [-0.2, 0) is 10.9 Å². The first-order valence-corrected chi connectivity index (χ1v) is 8.40. The molecule has 0 amide bonds. The zero-order valence-electron chi connectivity index (χ0n) is 14.4. The highest BCUT2D eigenvalue weighted by Gasteiger charge is 2.39. The average molecular weight is 366 g/mol. The first kappa shape index (κ1) is 18.4. The molecule has 6 heteroatoms. The second kappa shape index (κ2) is 6.74. The summed E-state index contributed by atoms with van der Waals surface area (Å²) < 4.78 is 59.4. The molecule has 2 aromatic rings. The Morgan fingerprint density at radius 3 is 2.50 bits per heavy atom. The van der Waals surface area contributed by atoms with Crippen LogP contribution in [0.15, 0.2) is 36.4 Å². The third kappa shape index (κ3) is 3.20. The molecule has 2 atom stereocenters. The topological polar surface area (TPSA) is 26.3 Å². The van der Waals surface area contributed by atoms with Crippen LogP contribution in [0.3, 0.4) is 0 Å². The average Bonchev–Trinajstić information content (AvgIpc) is 2.89. The second-order valence-electron chi connectivity index (χ2n) is 6.46. The third-order valence-corrected chi connectivity index (χ3v) is 4.81. The fourth-order valence-electron chi connectivity index (χ4n) is 3.66. The summed E-state index contributed by atoms with van der Waals surface area (Å²) in [6.07, 6.45) is -4.05. The van der Waals surface area contributed by atoms with Crippen LogP contribution >= 0.6 is 0 Å². The summed E-state index contributed by atoms with van der Waals surface area (Å²) in [4.78, 5) is 12.0. The fraction of sp³-hybridized carbons (Fsp3) is 0.350. The summed E-state index contributed by atoms with van der Waals surface area (Å²) in [5, 5.41) is 0. The van der Waals surface area contributed by atoms with E-state index in [-0.39, 0.29) is 23.7 Å². The number of carbonyl (C=O) groups excluding carboxylic acids is 1. The van der Waals surface area contributed by atoms with Gasteiger partial charge in [-0.2, -0.15) is 13.2 Å². The highest BCUT2D eigenvalue weighted by Crippen LogP contribution is 2.48. The molecule has 0 saturated heterocycles. The van der Waals surface area contributed by atoms with Crippen molar-refractivity contribution in [2.24, 2.45) is 0 Å². The monoisotopic (exact) mass is 366 g/mol. The van der Waals surface area contributed by atoms with E-state index in [1.165, 1.54) is 24.3 Å². The minimum Gasteiger partial charge on any atom is -0.462 e. The van der Waals surface area contributed by atoms with E-state index in [0.717, 1.165) is 6.07 Å². The van der Waals surface area contributed by atoms with Gasteiger partial charge < -0.3 is 4.74 Å². The quantitative estimate of drug-likeness (QED) is 0.517. The number of hydrogen-bond acceptors (Lipinski definition) is 2. The van der Waals surface area contributed by atoms with Crippen molar-refractivity contribution in [3.05, 3.63) is 70.0 Å². The Morgan fingerprint density at radius 2 is 1.85 bits per heavy atom. The first-order valence-electron chi connectivity index (χ1n) is 8.40. The van der Waals surface area contributed by atoms with Gasteiger partial charge >= 0.3 is 12.1 Å². The molecule has 0 aromatic heterocycles. The summed E-state index contributed by atoms with van der Waals surface area (Å²) in [7, 11) is 0. The molecule has 1 aliphatic carbocycles. The molecular formula is C20H18F4O2. The predicted molar refractivity (Wildman–Crippen MR) is 88.7 cm³/mol. The Bertz CT molecular complexity index is 842. The van der Waals surface area contributed by atoms with Gasteiger partial charge in [0.05, 0.1) is 17.7 Å². The maximum absolute atomic E-state index is 14.3. The highest BCUT2D eigenvalue weighted by molar-refractivity contribution is 5.90. The molecule has 0 radical (unpaired) electrons. The zero-order valence-corrected chi connectivity index (χ0v) is 14.4. The number of alkyl halides is 3. The maximum atomic E-state index is 14.3. The summed E-state index contributed by atoms with van der Waals surface area (Å²) in [6, 6.07) is 8.01. The van der Waals surface area contributed by atoms with Crippen molar-refractivity contribution in [3.8, 4) is 0 Å². The van der Waals surface area contributed by atoms with E-state index < -0.39 is 29.4 Å². The molecule has 1 aliphatic rings. The Labute approximate surface area is 148 Å². The second-order valence-corrected chi connectivity index (χ2v) is 6.46. The number of fused-ring (bicyclic) bond motifs is 1. The normalized spacial score (nSPS) is 19.3. The number of benzene rings is 2. The molecule has 0 heterocycles. The Balaban J connectivity index is 2.13. The minimum absolute atomic E-state index is 0.0894. The molecular weight excluding hydrogens is 348 g/mol. The lowest BCUT2D eigenvalue weighted by Crippen LogP contribution is -2.13. The third-order valence-electron chi connectivity index (χ3n) is 4.81. The summed E-state index contributed by atoms with van der Waals surface area (Å²) in [5.74, 6) is -2.18. The van der Waals surface area contributed by atoms with Gasteiger partial charge in [0.25, 0.3) is 0 Å². The van der Waals surface area contributed by atoms with E-state index in [1.807, 2.05) is 6.92 Å². The number of esters is 1. The summed E-state index contributed by atoms with van der Waals surface area (Å²) >= 11 is 0. The van der Waals surface area contributed by atoms with Crippen LogP contribution in [0.2, 0.25) is 0 Å². The number of carbonyl (C=O) groups is 1. The van der Waals surface area contributed by atoms with Gasteiger partial charge in [0.1, 0.15) is 5.82 Å². The van der Waals surface area contributed by atoms with Crippen molar-refractivity contribution in [2.75, 3.05) is 6.61 Å². The van der Waals surface area contributed by atoms with Gasteiger partial charge in [0, 0.05) is 5.92 Å². The van der Waals surface area contributed by atoms with Crippen LogP contribution in [0, 0.1) is 5.82 Å². The van der Waals surface area contributed by atoms with Gasteiger partial charge in [-0.3, -0.25) is 0 Å². The number of ether oxygens (including phenoxy) is 1. The van der Waals surface area contributed by atoms with E-state index in [4.69, 9.17) is 4.74 Å². The smallest absolute Gasteiger partial charge is 0.416 e. The van der Waals surface area contributed by atoms with E-state index in [9.17, 15) is 22.4 Å². The van der Waals surface area contributed by atoms with E-state index >= 15 is 0 Å². The van der Waals surface area contributed by atoms with Gasteiger partial charge in [-0.05, 0) is 54.2 Å². The Morgan fingerprint density at radius 1 is 1.15 bits per heavy atom. The molecule has 2 unspecified atom stereocenters. The van der Waals surface area contributed by atoms with Crippen molar-refractivity contribution in [1.82, 2.24) is 0 Å². The molecule has 0 N–H and O–H groups in total. The van der Waals surface area contributed by atoms with Crippen molar-refractivity contribution < 1.29 is 27.1 Å². The SMILES string of the molecule is CCOC(=O)c1cc2c(cc1F)C(C)CC2c1ccccc1C(F)(F)F. The molecule has 2 nitrogen and oxygen atoms in total. The largest absolute Gasteiger partial charge is 0.462 e. The van der Waals surface area contributed by atoms with Crippen LogP contribution in [-0.4, -0.2) is 12.6 Å². The number of rotatable bonds is 3. The summed E-state index contributed by atoms with van der Waals surface area (Å²) in [6.45, 7) is 3.54. The lowest BCUT2D eigenvalue weighted by Gasteiger charge is -2.19. The van der Waals surface area contributed by atoms with Crippen LogP contribution in [0.4, 0.5) is 17.6 Å². The van der Waals surface area contributed by atoms with E-state index in [2.05, 4.69) is 0 Å². The molecule has 2 aromatic carbocycles. The predicted octanol–water partition coefficient (Wildman–Crippen LogP) is 5.66. The van der Waals surface area contributed by atoms with Crippen LogP contribution < -0.4 is 0 Å². The van der Waals surface area contributed by atoms with Crippen LogP contribution in [0.25, 0.3) is 0 Å². The molecule has 3 rings (SSSR count). The number of halogens is 4. The standard InChI is InChI=1S/C20H18F4O2/c1-3-26-19(25)16-9-15-13(10-18(16)21)11(2)8-14(15)12-6-4-5-7-17(12)20(22,23)24/h4-7,9-11,14H,3,8H2,1-2H3. The Kier molecular flexibility index (Phi) is 4.78. The van der Waals surface area contributed by atoms with Crippen molar-refractivity contribution in [3.63, 3.8) is 0 Å². The highest BCUT2D eigenvalue weighted by atomic mass is 19.4. The molecule has 0 aliphatic heterocycles. The van der Waals surface area contributed by atoms with Gasteiger partial charge in [0.15, 0.2) is 0 Å². The zero-order chi connectivity index (χ0) is 19.1. The molecule has 0 saturated carbocycles. The van der Waals surface area contributed by atoms with E-state index in [0.29, 0.717) is 17.5 Å². The van der Waals surface area contributed by atoms with Crippen molar-refractivity contribution in [2.45, 2.75) is 38.3 Å². The molecule has 0 fully saturated rings. The molecule has 0 spiro atoms. The fourth-order valence-corrected chi connectivity index (χ4v) is 3.66. The maximum Gasteiger partial charge on any atom is 0.416 e. The van der Waals surface area contributed by atoms with Gasteiger partial charge in [0.2, 0.25) is 0 Å². The minimum atomic E-state index is -4.48. The van der Waals surface area contributed by atoms with Crippen LogP contribution in [0.1, 0.15) is 64.7 Å². The van der Waals surface area contributed by atoms with Crippen LogP contribution in [0.5, 0.6) is 0 Å². The van der Waals surface area contributed by atoms with E-state index in [1.54, 1.807) is 13.0 Å². The van der Waals surface area contributed by atoms with Gasteiger partial charge in [-0.15, -0.1) is 0 Å². The van der Waals surface area contributed by atoms with Gasteiger partial charge in [-0.25, -0.2) is 9.18 Å². The lowest BCUT2D eigenvalue weighted by molar-refractivity contribution is -0.138. The molecule has 138 valence electrons. The van der Waals surface area contributed by atoms with Gasteiger partial charge in [-0.1, -0.05) is 25.1 Å². The number of hydrogen-bond donors (Lipinski definition) is 0. The van der Waals surface area contributed by atoms with Crippen molar-refractivity contribution >= 4 is 5.97 Å². The van der Waals surface area contributed by atoms with Crippen molar-refractivity contribution in [1.29, 1.82) is 0 Å². The molecule has 0 bridgehead atoms. The molecule has 26 heavy (non-hydrogen) atoms. The Hall–Kier alpha value is -2.37.